The number of carbonyl (C=O) groups is 1. The van der Waals surface area contributed by atoms with Crippen LogP contribution in [0.4, 0.5) is 10.1 Å². The summed E-state index contributed by atoms with van der Waals surface area (Å²) in [7, 11) is 0. The van der Waals surface area contributed by atoms with Crippen molar-refractivity contribution in [2.45, 2.75) is 44.6 Å². The largest absolute Gasteiger partial charge is 0.486 e. The van der Waals surface area contributed by atoms with Gasteiger partial charge in [-0.1, -0.05) is 0 Å². The molecule has 1 heterocycles. The lowest BCUT2D eigenvalue weighted by molar-refractivity contribution is -0.105. The molecular weight excluding hydrogens is 337 g/mol. The fourth-order valence-electron chi connectivity index (χ4n) is 3.32. The quantitative estimate of drug-likeness (QED) is 0.615. The van der Waals surface area contributed by atoms with E-state index in [-0.39, 0.29) is 11.4 Å². The molecule has 2 aromatic carbocycles. The van der Waals surface area contributed by atoms with E-state index in [0.717, 1.165) is 57.2 Å². The molecule has 3 rings (SSSR count). The predicted molar refractivity (Wildman–Crippen MR) is 100 cm³/mol. The van der Waals surface area contributed by atoms with E-state index in [0.29, 0.717) is 0 Å². The number of hydrogen-bond acceptors (Lipinski definition) is 3. The third-order valence-corrected chi connectivity index (χ3v) is 6.20. The highest BCUT2D eigenvalue weighted by atomic mass is 32.2. The number of nitrogens with one attached hydrogen (secondary N) is 1. The van der Waals surface area contributed by atoms with Crippen molar-refractivity contribution in [3.63, 3.8) is 0 Å². The summed E-state index contributed by atoms with van der Waals surface area (Å²) >= 11 is 1.66. The van der Waals surface area contributed by atoms with Gasteiger partial charge in [0, 0.05) is 28.3 Å². The van der Waals surface area contributed by atoms with E-state index in [1.165, 1.54) is 12.1 Å². The van der Waals surface area contributed by atoms with E-state index in [2.05, 4.69) is 12.2 Å². The van der Waals surface area contributed by atoms with E-state index < -0.39 is 0 Å². The summed E-state index contributed by atoms with van der Waals surface area (Å²) in [4.78, 5) is 12.0. The maximum absolute atomic E-state index is 13.0. The van der Waals surface area contributed by atoms with Crippen molar-refractivity contribution in [1.29, 1.82) is 0 Å². The van der Waals surface area contributed by atoms with Crippen LogP contribution in [0.5, 0.6) is 5.75 Å². The lowest BCUT2D eigenvalue weighted by atomic mass is 9.92. The minimum absolute atomic E-state index is 0.225. The number of hydrogen-bond donors (Lipinski definition) is 1. The molecule has 1 unspecified atom stereocenters. The van der Waals surface area contributed by atoms with Crippen LogP contribution in [-0.4, -0.2) is 17.8 Å². The van der Waals surface area contributed by atoms with Crippen LogP contribution in [0.15, 0.2) is 29.2 Å². The predicted octanol–water partition coefficient (Wildman–Crippen LogP) is 4.81. The SMILES string of the molecule is Cc1c(C)c2c(c(C)c1NC=O)CC(C)(CSc1ccc(F)cc1)O2. The first-order chi connectivity index (χ1) is 11.8. The van der Waals surface area contributed by atoms with Crippen LogP contribution in [0.1, 0.15) is 29.2 Å². The molecule has 132 valence electrons. The zero-order valence-electron chi connectivity index (χ0n) is 14.9. The van der Waals surface area contributed by atoms with Crippen LogP contribution >= 0.6 is 11.8 Å². The van der Waals surface area contributed by atoms with Crippen LogP contribution in [0.2, 0.25) is 0 Å². The normalized spacial score (nSPS) is 18.6. The van der Waals surface area contributed by atoms with E-state index in [9.17, 15) is 9.18 Å². The molecule has 1 atom stereocenters. The summed E-state index contributed by atoms with van der Waals surface area (Å²) in [5.41, 5.74) is 4.89. The van der Waals surface area contributed by atoms with Gasteiger partial charge in [-0.15, -0.1) is 11.8 Å². The van der Waals surface area contributed by atoms with Gasteiger partial charge in [0.1, 0.15) is 17.2 Å². The summed E-state index contributed by atoms with van der Waals surface area (Å²) in [6.45, 7) is 8.16. The van der Waals surface area contributed by atoms with Gasteiger partial charge in [0.05, 0.1) is 0 Å². The van der Waals surface area contributed by atoms with Gasteiger partial charge in [-0.2, -0.15) is 0 Å². The van der Waals surface area contributed by atoms with Crippen LogP contribution in [0.3, 0.4) is 0 Å². The van der Waals surface area contributed by atoms with E-state index >= 15 is 0 Å². The van der Waals surface area contributed by atoms with Crippen LogP contribution in [0, 0.1) is 26.6 Å². The van der Waals surface area contributed by atoms with Gasteiger partial charge in [-0.05, 0) is 68.7 Å². The molecule has 1 N–H and O–H groups in total. The van der Waals surface area contributed by atoms with Gasteiger partial charge < -0.3 is 10.1 Å². The molecule has 0 aromatic heterocycles. The topological polar surface area (TPSA) is 38.3 Å². The average molecular weight is 359 g/mol. The highest BCUT2D eigenvalue weighted by molar-refractivity contribution is 7.99. The summed E-state index contributed by atoms with van der Waals surface area (Å²) in [5.74, 6) is 1.48. The minimum atomic E-state index is -0.330. The monoisotopic (exact) mass is 359 g/mol. The Morgan fingerprint density at radius 2 is 1.88 bits per heavy atom. The molecule has 0 aliphatic carbocycles. The second kappa shape index (κ2) is 6.71. The van der Waals surface area contributed by atoms with E-state index in [4.69, 9.17) is 4.74 Å². The van der Waals surface area contributed by atoms with Gasteiger partial charge in [0.2, 0.25) is 6.41 Å². The molecule has 0 radical (unpaired) electrons. The van der Waals surface area contributed by atoms with Crippen LogP contribution in [0.25, 0.3) is 0 Å². The smallest absolute Gasteiger partial charge is 0.211 e. The number of fused-ring (bicyclic) bond motifs is 1. The van der Waals surface area contributed by atoms with Gasteiger partial charge in [-0.3, -0.25) is 4.79 Å². The Labute approximate surface area is 152 Å². The van der Waals surface area contributed by atoms with E-state index in [1.54, 1.807) is 23.9 Å². The number of benzene rings is 2. The first-order valence-electron chi connectivity index (χ1n) is 8.25. The number of rotatable bonds is 5. The van der Waals surface area contributed by atoms with Crippen LogP contribution in [-0.2, 0) is 11.2 Å². The molecule has 3 nitrogen and oxygen atoms in total. The van der Waals surface area contributed by atoms with Gasteiger partial charge in [-0.25, -0.2) is 4.39 Å². The maximum Gasteiger partial charge on any atom is 0.211 e. The number of ether oxygens (including phenoxy) is 1. The molecule has 0 fully saturated rings. The Hall–Kier alpha value is -2.01. The number of thioether (sulfide) groups is 1. The van der Waals surface area contributed by atoms with Crippen molar-refractivity contribution in [2.75, 3.05) is 11.1 Å². The molecule has 0 bridgehead atoms. The Morgan fingerprint density at radius 1 is 1.20 bits per heavy atom. The first-order valence-corrected chi connectivity index (χ1v) is 9.23. The molecule has 1 aliphatic heterocycles. The van der Waals surface area contributed by atoms with E-state index in [1.807, 2.05) is 20.8 Å². The number of carbonyl (C=O) groups excluding carboxylic acids is 1. The lowest BCUT2D eigenvalue weighted by Crippen LogP contribution is -2.33. The standard InChI is InChI=1S/C20H22FNO2S/c1-12-13(2)19-17(14(3)18(12)22-11-23)9-20(4,24-19)10-25-16-7-5-15(21)6-8-16/h5-8,11H,9-10H2,1-4H3,(H,22,23). The Kier molecular flexibility index (Phi) is 4.78. The van der Waals surface area contributed by atoms with Gasteiger partial charge in [0.15, 0.2) is 0 Å². The summed E-state index contributed by atoms with van der Waals surface area (Å²) < 4.78 is 19.4. The average Bonchev–Trinajstić information content (AvgIpc) is 2.95. The molecular formula is C20H22FNO2S. The van der Waals surface area contributed by atoms with Crippen molar-refractivity contribution < 1.29 is 13.9 Å². The minimum Gasteiger partial charge on any atom is -0.486 e. The van der Waals surface area contributed by atoms with Crippen molar-refractivity contribution >= 4 is 23.9 Å². The first kappa shape index (κ1) is 17.8. The molecule has 0 saturated carbocycles. The summed E-state index contributed by atoms with van der Waals surface area (Å²) in [6.07, 6.45) is 1.51. The third-order valence-electron chi connectivity index (χ3n) is 4.84. The van der Waals surface area contributed by atoms with Crippen molar-refractivity contribution in [1.82, 2.24) is 0 Å². The van der Waals surface area contributed by atoms with Gasteiger partial charge >= 0.3 is 0 Å². The highest BCUT2D eigenvalue weighted by Crippen LogP contribution is 2.45. The fraction of sp³-hybridized carbons (Fsp3) is 0.350. The molecule has 1 aliphatic rings. The molecule has 2 aromatic rings. The molecule has 1 amide bonds. The van der Waals surface area contributed by atoms with Crippen molar-refractivity contribution in [3.05, 3.63) is 52.3 Å². The zero-order chi connectivity index (χ0) is 18.2. The summed E-state index contributed by atoms with van der Waals surface area (Å²) in [5, 5.41) is 2.83. The molecule has 25 heavy (non-hydrogen) atoms. The van der Waals surface area contributed by atoms with Crippen molar-refractivity contribution in [2.24, 2.45) is 0 Å². The fourth-order valence-corrected chi connectivity index (χ4v) is 4.28. The number of anilines is 1. The Morgan fingerprint density at radius 3 is 2.52 bits per heavy atom. The molecule has 5 heteroatoms. The van der Waals surface area contributed by atoms with Crippen LogP contribution < -0.4 is 10.1 Å². The number of halogens is 1. The van der Waals surface area contributed by atoms with Crippen molar-refractivity contribution in [3.8, 4) is 5.75 Å². The molecule has 0 spiro atoms. The zero-order valence-corrected chi connectivity index (χ0v) is 15.7. The second-order valence-electron chi connectivity index (χ2n) is 6.79. The van der Waals surface area contributed by atoms with Gasteiger partial charge in [0.25, 0.3) is 0 Å². The Bertz CT molecular complexity index is 820. The third kappa shape index (κ3) is 3.38. The lowest BCUT2D eigenvalue weighted by Gasteiger charge is -2.24. The maximum atomic E-state index is 13.0. The number of amides is 1. The highest BCUT2D eigenvalue weighted by Gasteiger charge is 2.38. The molecule has 0 saturated heterocycles. The summed E-state index contributed by atoms with van der Waals surface area (Å²) in [6, 6.07) is 6.53. The Balaban J connectivity index is 1.84. The second-order valence-corrected chi connectivity index (χ2v) is 7.84.